The van der Waals surface area contributed by atoms with Crippen LogP contribution in [0.5, 0.6) is 5.75 Å². The number of para-hydroxylation sites is 1. The number of benzene rings is 2. The van der Waals surface area contributed by atoms with E-state index in [2.05, 4.69) is 15.3 Å². The number of carbonyl (C=O) groups excluding carboxylic acids is 1. The maximum Gasteiger partial charge on any atom is 0.263 e. The van der Waals surface area contributed by atoms with E-state index in [4.69, 9.17) is 10.5 Å². The van der Waals surface area contributed by atoms with Crippen molar-refractivity contribution in [2.75, 3.05) is 12.3 Å². The van der Waals surface area contributed by atoms with Gasteiger partial charge in [0.25, 0.3) is 11.5 Å². The standard InChI is InChI=1S/C26H25FN4O3/c1-3-11-29-25(32)22-23(28)20-6-4-5-19(24(20)31-26(22)33)21-12-18(10-7-15(21)2)34-14-17-9-8-16(27)13-30-17/h4-10,12-13H,3,11,14H2,1-2H3,(H,29,32)(H3,28,31,33). The second-order valence-corrected chi connectivity index (χ2v) is 7.96. The molecule has 4 N–H and O–H groups in total. The van der Waals surface area contributed by atoms with Gasteiger partial charge < -0.3 is 20.8 Å². The van der Waals surface area contributed by atoms with E-state index in [1.165, 1.54) is 6.07 Å². The van der Waals surface area contributed by atoms with Crippen LogP contribution in [0.2, 0.25) is 0 Å². The molecule has 4 rings (SSSR count). The van der Waals surface area contributed by atoms with Gasteiger partial charge >= 0.3 is 0 Å². The number of rotatable bonds is 7. The molecule has 8 heteroatoms. The molecule has 7 nitrogen and oxygen atoms in total. The van der Waals surface area contributed by atoms with E-state index >= 15 is 0 Å². The molecule has 0 unspecified atom stereocenters. The second kappa shape index (κ2) is 9.74. The molecule has 0 fully saturated rings. The lowest BCUT2D eigenvalue weighted by Gasteiger charge is -2.15. The summed E-state index contributed by atoms with van der Waals surface area (Å²) in [5.74, 6) is -0.305. The van der Waals surface area contributed by atoms with Gasteiger partial charge in [0.15, 0.2) is 0 Å². The third-order valence-corrected chi connectivity index (χ3v) is 5.53. The van der Waals surface area contributed by atoms with Crippen molar-refractivity contribution in [3.63, 3.8) is 0 Å². The van der Waals surface area contributed by atoms with E-state index < -0.39 is 17.3 Å². The van der Waals surface area contributed by atoms with Crippen LogP contribution in [0.3, 0.4) is 0 Å². The van der Waals surface area contributed by atoms with Crippen LogP contribution in [0.15, 0.2) is 59.5 Å². The summed E-state index contributed by atoms with van der Waals surface area (Å²) in [5.41, 5.74) is 9.50. The number of ether oxygens (including phenoxy) is 1. The van der Waals surface area contributed by atoms with Crippen LogP contribution in [-0.2, 0) is 6.61 Å². The molecule has 0 bridgehead atoms. The third-order valence-electron chi connectivity index (χ3n) is 5.53. The number of aromatic amines is 1. The normalized spacial score (nSPS) is 10.9. The molecule has 2 aromatic carbocycles. The quantitative estimate of drug-likeness (QED) is 0.380. The average Bonchev–Trinajstić information content (AvgIpc) is 2.83. The molecule has 0 aliphatic carbocycles. The highest BCUT2D eigenvalue weighted by molar-refractivity contribution is 6.09. The van der Waals surface area contributed by atoms with Gasteiger partial charge in [-0.3, -0.25) is 14.6 Å². The van der Waals surface area contributed by atoms with Crippen molar-refractivity contribution in [2.45, 2.75) is 26.9 Å². The Kier molecular flexibility index (Phi) is 6.58. The first-order valence-corrected chi connectivity index (χ1v) is 11.0. The number of nitrogens with two attached hydrogens (primary N) is 1. The fraction of sp³-hybridized carbons (Fsp3) is 0.192. The Morgan fingerprint density at radius 1 is 1.18 bits per heavy atom. The van der Waals surface area contributed by atoms with Gasteiger partial charge in [-0.25, -0.2) is 4.39 Å². The lowest BCUT2D eigenvalue weighted by atomic mass is 9.96. The van der Waals surface area contributed by atoms with Gasteiger partial charge in [-0.1, -0.05) is 31.2 Å². The lowest BCUT2D eigenvalue weighted by Crippen LogP contribution is -2.31. The first-order chi connectivity index (χ1) is 16.4. The zero-order valence-corrected chi connectivity index (χ0v) is 18.9. The average molecular weight is 461 g/mol. The molecule has 0 radical (unpaired) electrons. The predicted octanol–water partition coefficient (Wildman–Crippen LogP) is 4.34. The summed E-state index contributed by atoms with van der Waals surface area (Å²) in [6.45, 7) is 4.51. The molecule has 2 heterocycles. The highest BCUT2D eigenvalue weighted by Crippen LogP contribution is 2.34. The number of hydrogen-bond donors (Lipinski definition) is 3. The smallest absolute Gasteiger partial charge is 0.263 e. The van der Waals surface area contributed by atoms with Crippen molar-refractivity contribution >= 4 is 22.5 Å². The van der Waals surface area contributed by atoms with Gasteiger partial charge in [0.05, 0.1) is 23.1 Å². The Morgan fingerprint density at radius 3 is 2.74 bits per heavy atom. The molecule has 2 aromatic heterocycles. The van der Waals surface area contributed by atoms with Crippen molar-refractivity contribution in [1.82, 2.24) is 15.3 Å². The number of nitrogens with one attached hydrogen (secondary N) is 2. The van der Waals surface area contributed by atoms with Crippen molar-refractivity contribution < 1.29 is 13.9 Å². The molecule has 0 saturated heterocycles. The number of fused-ring (bicyclic) bond motifs is 1. The summed E-state index contributed by atoms with van der Waals surface area (Å²) < 4.78 is 18.9. The van der Waals surface area contributed by atoms with E-state index in [0.717, 1.165) is 29.3 Å². The van der Waals surface area contributed by atoms with Gasteiger partial charge in [-0.2, -0.15) is 0 Å². The van der Waals surface area contributed by atoms with E-state index in [-0.39, 0.29) is 17.9 Å². The van der Waals surface area contributed by atoms with E-state index in [1.54, 1.807) is 12.1 Å². The van der Waals surface area contributed by atoms with E-state index in [1.807, 2.05) is 44.2 Å². The molecule has 0 atom stereocenters. The van der Waals surface area contributed by atoms with Crippen molar-refractivity contribution in [3.05, 3.63) is 87.7 Å². The minimum Gasteiger partial charge on any atom is -0.487 e. The molecule has 0 spiro atoms. The van der Waals surface area contributed by atoms with Crippen LogP contribution >= 0.6 is 0 Å². The van der Waals surface area contributed by atoms with Crippen LogP contribution in [0.25, 0.3) is 22.0 Å². The monoisotopic (exact) mass is 460 g/mol. The largest absolute Gasteiger partial charge is 0.487 e. The molecule has 1 amide bonds. The fourth-order valence-corrected chi connectivity index (χ4v) is 3.75. The topological polar surface area (TPSA) is 110 Å². The van der Waals surface area contributed by atoms with Gasteiger partial charge in [0, 0.05) is 17.5 Å². The van der Waals surface area contributed by atoms with Crippen molar-refractivity contribution in [2.24, 2.45) is 0 Å². The van der Waals surface area contributed by atoms with Crippen molar-refractivity contribution in [1.29, 1.82) is 0 Å². The van der Waals surface area contributed by atoms with E-state index in [9.17, 15) is 14.0 Å². The Balaban J connectivity index is 1.73. The number of carbonyl (C=O) groups is 1. The van der Waals surface area contributed by atoms with Crippen LogP contribution < -0.4 is 21.3 Å². The summed E-state index contributed by atoms with van der Waals surface area (Å²) >= 11 is 0. The maximum atomic E-state index is 13.1. The number of aromatic nitrogens is 2. The first kappa shape index (κ1) is 23.0. The number of halogens is 1. The molecule has 0 aliphatic rings. The van der Waals surface area contributed by atoms with Gasteiger partial charge in [-0.15, -0.1) is 0 Å². The van der Waals surface area contributed by atoms with Crippen LogP contribution in [0.1, 0.15) is 35.0 Å². The number of anilines is 1. The van der Waals surface area contributed by atoms with Crippen LogP contribution in [0, 0.1) is 12.7 Å². The number of aryl methyl sites for hydroxylation is 1. The third kappa shape index (κ3) is 4.61. The number of nitrogen functional groups attached to an aromatic ring is 1. The lowest BCUT2D eigenvalue weighted by molar-refractivity contribution is 0.0953. The first-order valence-electron chi connectivity index (χ1n) is 11.0. The molecule has 34 heavy (non-hydrogen) atoms. The number of H-pyrrole nitrogens is 1. The summed E-state index contributed by atoms with van der Waals surface area (Å²) in [7, 11) is 0. The summed E-state index contributed by atoms with van der Waals surface area (Å²) in [4.78, 5) is 32.2. The number of hydrogen-bond acceptors (Lipinski definition) is 5. The summed E-state index contributed by atoms with van der Waals surface area (Å²) in [6.07, 6.45) is 1.89. The molecular weight excluding hydrogens is 435 g/mol. The second-order valence-electron chi connectivity index (χ2n) is 7.96. The summed E-state index contributed by atoms with van der Waals surface area (Å²) in [5, 5.41) is 3.29. The Hall–Kier alpha value is -4.20. The zero-order valence-electron chi connectivity index (χ0n) is 18.9. The molecule has 4 aromatic rings. The zero-order chi connectivity index (χ0) is 24.2. The minimum absolute atomic E-state index is 0.0845. The Morgan fingerprint density at radius 2 is 2.00 bits per heavy atom. The van der Waals surface area contributed by atoms with Gasteiger partial charge in [0.2, 0.25) is 0 Å². The number of pyridine rings is 2. The minimum atomic E-state index is -0.543. The SMILES string of the molecule is CCCNC(=O)c1c(N)c2cccc(-c3cc(OCc4ccc(F)cn4)ccc3C)c2[nH]c1=O. The van der Waals surface area contributed by atoms with E-state index in [0.29, 0.717) is 28.9 Å². The Labute approximate surface area is 195 Å². The van der Waals surface area contributed by atoms with Crippen LogP contribution in [-0.4, -0.2) is 22.4 Å². The molecule has 0 saturated carbocycles. The van der Waals surface area contributed by atoms with Crippen molar-refractivity contribution in [3.8, 4) is 16.9 Å². The highest BCUT2D eigenvalue weighted by Gasteiger charge is 2.19. The van der Waals surface area contributed by atoms with Gasteiger partial charge in [0.1, 0.15) is 23.7 Å². The molecule has 0 aliphatic heterocycles. The predicted molar refractivity (Wildman–Crippen MR) is 130 cm³/mol. The van der Waals surface area contributed by atoms with Crippen LogP contribution in [0.4, 0.5) is 10.1 Å². The molecular formula is C26H25FN4O3. The number of nitrogens with zero attached hydrogens (tertiary/aromatic N) is 1. The summed E-state index contributed by atoms with van der Waals surface area (Å²) in [6, 6.07) is 14.0. The molecule has 174 valence electrons. The Bertz CT molecular complexity index is 1410. The van der Waals surface area contributed by atoms with Gasteiger partial charge in [-0.05, 0) is 48.7 Å². The fourth-order valence-electron chi connectivity index (χ4n) is 3.75. The number of amides is 1. The maximum absolute atomic E-state index is 13.1. The highest BCUT2D eigenvalue weighted by atomic mass is 19.1.